The molecule has 1 unspecified atom stereocenters. The number of aromatic nitrogens is 1. The van der Waals surface area contributed by atoms with Gasteiger partial charge in [-0.1, -0.05) is 143 Å². The Labute approximate surface area is 432 Å². The first-order valence-electron chi connectivity index (χ1n) is 25.1. The molecule has 3 aromatic heterocycles. The number of nitrogens with zero attached hydrogens (tertiary/aromatic N) is 1. The Morgan fingerprint density at radius 3 is 1.54 bits per heavy atom. The molecular formula is C65H47F6NS2. The Balaban J connectivity index is 1.25. The number of hydrogen-bond acceptors (Lipinski definition) is 2. The highest BCUT2D eigenvalue weighted by atomic mass is 32.1. The highest BCUT2D eigenvalue weighted by Gasteiger charge is 2.38. The molecular weight excluding hydrogens is 973 g/mol. The van der Waals surface area contributed by atoms with Crippen LogP contribution in [0.3, 0.4) is 0 Å². The lowest BCUT2D eigenvalue weighted by molar-refractivity contribution is -0.138. The molecule has 0 aliphatic heterocycles. The Kier molecular flexibility index (Phi) is 10.8. The normalized spacial score (nSPS) is 14.4. The van der Waals surface area contributed by atoms with E-state index in [-0.39, 0.29) is 17.8 Å². The molecule has 13 rings (SSSR count). The summed E-state index contributed by atoms with van der Waals surface area (Å²) in [5, 5.41) is 6.66. The van der Waals surface area contributed by atoms with E-state index in [1.165, 1.54) is 39.9 Å². The van der Waals surface area contributed by atoms with Crippen molar-refractivity contribution < 1.29 is 26.3 Å². The summed E-state index contributed by atoms with van der Waals surface area (Å²) in [6, 6.07) is 53.8. The molecule has 0 saturated heterocycles. The van der Waals surface area contributed by atoms with Crippen LogP contribution in [0.1, 0.15) is 84.4 Å². The molecule has 0 N–H and O–H groups in total. The van der Waals surface area contributed by atoms with E-state index in [0.29, 0.717) is 24.0 Å². The Morgan fingerprint density at radius 1 is 0.459 bits per heavy atom. The molecule has 1 nitrogen and oxygen atoms in total. The van der Waals surface area contributed by atoms with Crippen molar-refractivity contribution in [2.75, 3.05) is 0 Å². The minimum Gasteiger partial charge on any atom is -0.308 e. The predicted octanol–water partition coefficient (Wildman–Crippen LogP) is 20.7. The second kappa shape index (κ2) is 17.2. The topological polar surface area (TPSA) is 4.93 Å². The third kappa shape index (κ3) is 7.25. The molecule has 12 aromatic rings. The molecule has 0 saturated carbocycles. The van der Waals surface area contributed by atoms with E-state index in [0.717, 1.165) is 102 Å². The molecule has 9 aromatic carbocycles. The van der Waals surface area contributed by atoms with Crippen LogP contribution < -0.4 is 0 Å². The minimum absolute atomic E-state index is 0.201. The molecule has 0 amide bonds. The van der Waals surface area contributed by atoms with Gasteiger partial charge in [-0.15, -0.1) is 22.7 Å². The van der Waals surface area contributed by atoms with Gasteiger partial charge in [0.25, 0.3) is 0 Å². The SMILES string of the molecule is CC(C)c1c(-c2ccc(C(F)(F)F)cc2)c(C2Cc3ccccc3-c3ccc4sc5ccccc5c4c3C2)c(-c2ccc(C(F)(F)F)cc2)c(C(C)C)c1-n1c2ccccc2c2ccc3sc4ccccc4c3c21. The van der Waals surface area contributed by atoms with Crippen molar-refractivity contribution in [1.82, 2.24) is 4.57 Å². The van der Waals surface area contributed by atoms with Gasteiger partial charge in [-0.25, -0.2) is 0 Å². The third-order valence-electron chi connectivity index (χ3n) is 15.4. The Hall–Kier alpha value is -7.20. The average molecular weight is 1020 g/mol. The maximum atomic E-state index is 14.7. The highest BCUT2D eigenvalue weighted by molar-refractivity contribution is 7.26. The largest absolute Gasteiger partial charge is 0.416 e. The third-order valence-corrected chi connectivity index (χ3v) is 17.7. The van der Waals surface area contributed by atoms with Gasteiger partial charge in [0.05, 0.1) is 27.8 Å². The summed E-state index contributed by atoms with van der Waals surface area (Å²) < 4.78 is 95.0. The first-order valence-corrected chi connectivity index (χ1v) is 26.7. The van der Waals surface area contributed by atoms with Crippen molar-refractivity contribution in [2.45, 2.75) is 70.6 Å². The molecule has 74 heavy (non-hydrogen) atoms. The molecule has 366 valence electrons. The molecule has 9 heteroatoms. The predicted molar refractivity (Wildman–Crippen MR) is 298 cm³/mol. The Bertz CT molecular complexity index is 4130. The number of rotatable bonds is 6. The van der Waals surface area contributed by atoms with Crippen LogP contribution in [0, 0.1) is 0 Å². The number of fused-ring (bicyclic) bond motifs is 14. The van der Waals surface area contributed by atoms with E-state index in [9.17, 15) is 26.3 Å². The smallest absolute Gasteiger partial charge is 0.308 e. The zero-order valence-electron chi connectivity index (χ0n) is 40.8. The highest BCUT2D eigenvalue weighted by Crippen LogP contribution is 2.56. The maximum Gasteiger partial charge on any atom is 0.416 e. The van der Waals surface area contributed by atoms with Crippen molar-refractivity contribution in [3.8, 4) is 39.1 Å². The molecule has 1 atom stereocenters. The fourth-order valence-electron chi connectivity index (χ4n) is 12.4. The molecule has 3 heterocycles. The number of hydrogen-bond donors (Lipinski definition) is 0. The summed E-state index contributed by atoms with van der Waals surface area (Å²) in [5.41, 5.74) is 11.6. The van der Waals surface area contributed by atoms with Crippen LogP contribution >= 0.6 is 22.7 Å². The fourth-order valence-corrected chi connectivity index (χ4v) is 14.7. The van der Waals surface area contributed by atoms with Gasteiger partial charge in [0.1, 0.15) is 0 Å². The lowest BCUT2D eigenvalue weighted by atomic mass is 9.72. The van der Waals surface area contributed by atoms with Crippen LogP contribution in [0.15, 0.2) is 170 Å². The van der Waals surface area contributed by atoms with Crippen molar-refractivity contribution in [1.29, 1.82) is 0 Å². The van der Waals surface area contributed by atoms with Crippen molar-refractivity contribution in [3.05, 3.63) is 209 Å². The van der Waals surface area contributed by atoms with E-state index >= 15 is 0 Å². The van der Waals surface area contributed by atoms with E-state index in [1.54, 1.807) is 46.9 Å². The molecule has 0 bridgehead atoms. The van der Waals surface area contributed by atoms with Crippen molar-refractivity contribution >= 4 is 84.8 Å². The number of alkyl halides is 6. The van der Waals surface area contributed by atoms with Gasteiger partial charge in [-0.2, -0.15) is 26.3 Å². The van der Waals surface area contributed by atoms with E-state index in [4.69, 9.17) is 0 Å². The molecule has 0 spiro atoms. The van der Waals surface area contributed by atoms with Crippen LogP contribution in [0.5, 0.6) is 0 Å². The van der Waals surface area contributed by atoms with Gasteiger partial charge < -0.3 is 4.57 Å². The van der Waals surface area contributed by atoms with Crippen molar-refractivity contribution in [3.63, 3.8) is 0 Å². The van der Waals surface area contributed by atoms with Gasteiger partial charge in [0.15, 0.2) is 0 Å². The van der Waals surface area contributed by atoms with Gasteiger partial charge in [0.2, 0.25) is 0 Å². The van der Waals surface area contributed by atoms with Crippen LogP contribution in [-0.4, -0.2) is 4.57 Å². The lowest BCUT2D eigenvalue weighted by Crippen LogP contribution is -2.18. The molecule has 0 radical (unpaired) electrons. The molecule has 1 aliphatic carbocycles. The fraction of sp³-hybridized carbons (Fsp3) is 0.169. The van der Waals surface area contributed by atoms with E-state index < -0.39 is 23.5 Å². The van der Waals surface area contributed by atoms with Crippen molar-refractivity contribution in [2.24, 2.45) is 0 Å². The maximum absolute atomic E-state index is 14.7. The lowest BCUT2D eigenvalue weighted by Gasteiger charge is -2.34. The molecule has 0 fully saturated rings. The quantitative estimate of drug-likeness (QED) is 0.146. The van der Waals surface area contributed by atoms with E-state index in [1.807, 2.05) is 6.07 Å². The number of benzene rings is 9. The van der Waals surface area contributed by atoms with Gasteiger partial charge >= 0.3 is 12.4 Å². The Morgan fingerprint density at radius 2 is 0.959 bits per heavy atom. The standard InChI is InChI=1S/C65H47F6NS2/c1-35(2)55-57(37-21-25-41(26-22-37)64(66,67)68)59(40-33-39-13-5-6-14-43(39)44-29-31-53-60(49(44)34-40)47-16-8-11-19-51(47)73-53)58(38-23-27-42(28-24-38)65(69,70)71)56(36(3)4)63(55)72-50-18-10-7-15-45(50)46-30-32-54-61(62(46)72)48-17-9-12-20-52(48)74-54/h5-32,35-36,40H,33-34H2,1-4H3. The summed E-state index contributed by atoms with van der Waals surface area (Å²) in [5.74, 6) is -0.702. The van der Waals surface area contributed by atoms with E-state index in [2.05, 4.69) is 148 Å². The summed E-state index contributed by atoms with van der Waals surface area (Å²) in [6.45, 7) is 8.67. The van der Waals surface area contributed by atoms with Gasteiger partial charge in [0, 0.05) is 51.1 Å². The second-order valence-electron chi connectivity index (χ2n) is 20.4. The zero-order chi connectivity index (χ0) is 50.9. The first kappa shape index (κ1) is 46.6. The number of halogens is 6. The summed E-state index contributed by atoms with van der Waals surface area (Å²) in [6.07, 6.45) is -8.03. The number of thiophene rings is 2. The zero-order valence-corrected chi connectivity index (χ0v) is 42.5. The summed E-state index contributed by atoms with van der Waals surface area (Å²) >= 11 is 3.49. The number of para-hydroxylation sites is 1. The van der Waals surface area contributed by atoms with Crippen LogP contribution in [0.4, 0.5) is 26.3 Å². The van der Waals surface area contributed by atoms with Crippen LogP contribution in [-0.2, 0) is 25.2 Å². The van der Waals surface area contributed by atoms with Gasteiger partial charge in [-0.3, -0.25) is 0 Å². The average Bonchev–Trinajstić information content (AvgIpc) is 4.06. The van der Waals surface area contributed by atoms with Crippen LogP contribution in [0.2, 0.25) is 0 Å². The molecule has 1 aliphatic rings. The van der Waals surface area contributed by atoms with Gasteiger partial charge in [-0.05, 0) is 146 Å². The summed E-state index contributed by atoms with van der Waals surface area (Å²) in [4.78, 5) is 0. The minimum atomic E-state index is -4.58. The second-order valence-corrected chi connectivity index (χ2v) is 22.6. The summed E-state index contributed by atoms with van der Waals surface area (Å²) in [7, 11) is 0. The monoisotopic (exact) mass is 1020 g/mol. The van der Waals surface area contributed by atoms with Crippen LogP contribution in [0.25, 0.3) is 101 Å². The first-order chi connectivity index (χ1) is 35.7.